The number of rotatable bonds is 10. The first-order chi connectivity index (χ1) is 16.8. The highest BCUT2D eigenvalue weighted by Crippen LogP contribution is 2.21. The summed E-state index contributed by atoms with van der Waals surface area (Å²) < 4.78 is 19.4. The van der Waals surface area contributed by atoms with Crippen LogP contribution in [-0.2, 0) is 17.7 Å². The van der Waals surface area contributed by atoms with Crippen molar-refractivity contribution in [1.29, 1.82) is 0 Å². The number of piperazine rings is 1. The van der Waals surface area contributed by atoms with Crippen molar-refractivity contribution in [3.63, 3.8) is 0 Å². The number of hydrogen-bond acceptors (Lipinski definition) is 4. The average Bonchev–Trinajstić information content (AvgIpc) is 2.85. The van der Waals surface area contributed by atoms with Crippen molar-refractivity contribution in [2.75, 3.05) is 31.5 Å². The Morgan fingerprint density at radius 2 is 1.86 bits per heavy atom. The summed E-state index contributed by atoms with van der Waals surface area (Å²) in [6.45, 7) is 18.0. The maximum atomic E-state index is 13.5. The van der Waals surface area contributed by atoms with Crippen LogP contribution in [0.2, 0.25) is 0 Å². The number of amides is 1. The summed E-state index contributed by atoms with van der Waals surface area (Å²) in [4.78, 5) is 17.5. The molecule has 0 bridgehead atoms. The molecule has 0 unspecified atom stereocenters. The van der Waals surface area contributed by atoms with E-state index in [4.69, 9.17) is 4.74 Å². The number of hydrogen-bond donors (Lipinski definition) is 1. The molecule has 186 valence electrons. The lowest BCUT2D eigenvalue weighted by Gasteiger charge is -2.37. The van der Waals surface area contributed by atoms with Crippen LogP contribution in [0.1, 0.15) is 42.3 Å². The molecule has 0 atom stereocenters. The van der Waals surface area contributed by atoms with E-state index in [0.717, 1.165) is 55.3 Å². The van der Waals surface area contributed by atoms with Crippen LogP contribution >= 0.6 is 0 Å². The van der Waals surface area contributed by atoms with E-state index in [1.165, 1.54) is 12.1 Å². The van der Waals surface area contributed by atoms with Gasteiger partial charge in [0.1, 0.15) is 11.6 Å². The molecule has 2 aromatic carbocycles. The van der Waals surface area contributed by atoms with Crippen molar-refractivity contribution in [3.05, 3.63) is 102 Å². The summed E-state index contributed by atoms with van der Waals surface area (Å²) >= 11 is 0. The van der Waals surface area contributed by atoms with E-state index in [9.17, 15) is 9.18 Å². The predicted molar refractivity (Wildman–Crippen MR) is 141 cm³/mol. The normalized spacial score (nSPS) is 14.9. The number of carbonyl (C=O) groups excluding carboxylic acids is 1. The summed E-state index contributed by atoms with van der Waals surface area (Å²) in [6, 6.07) is 12.1. The van der Waals surface area contributed by atoms with Crippen molar-refractivity contribution >= 4 is 11.6 Å². The predicted octanol–water partition coefficient (Wildman–Crippen LogP) is 5.77. The van der Waals surface area contributed by atoms with Gasteiger partial charge in [-0.3, -0.25) is 9.69 Å². The van der Waals surface area contributed by atoms with Gasteiger partial charge in [0.25, 0.3) is 5.91 Å². The largest absolute Gasteiger partial charge is 0.489 e. The van der Waals surface area contributed by atoms with E-state index < -0.39 is 0 Å². The van der Waals surface area contributed by atoms with Gasteiger partial charge in [-0.25, -0.2) is 4.39 Å². The van der Waals surface area contributed by atoms with Crippen molar-refractivity contribution in [3.8, 4) is 0 Å². The zero-order valence-corrected chi connectivity index (χ0v) is 21.0. The maximum Gasteiger partial charge on any atom is 0.255 e. The summed E-state index contributed by atoms with van der Waals surface area (Å²) in [7, 11) is 0. The fourth-order valence-electron chi connectivity index (χ4n) is 4.24. The van der Waals surface area contributed by atoms with Gasteiger partial charge < -0.3 is 15.0 Å². The Bertz CT molecular complexity index is 1090. The van der Waals surface area contributed by atoms with Gasteiger partial charge >= 0.3 is 0 Å². The third-order valence-electron chi connectivity index (χ3n) is 6.00. The first kappa shape index (κ1) is 26.2. The van der Waals surface area contributed by atoms with Crippen LogP contribution in [0.4, 0.5) is 10.1 Å². The SMILES string of the molecule is C=C/C(OC(C)C)=C(\C=C)N1CCN(Cc2cccc(C(=O)Nc3ccc(F)cc3CC)c2)CC1. The lowest BCUT2D eigenvalue weighted by atomic mass is 10.1. The fourth-order valence-corrected chi connectivity index (χ4v) is 4.24. The lowest BCUT2D eigenvalue weighted by molar-refractivity contribution is 0.102. The first-order valence-corrected chi connectivity index (χ1v) is 12.2. The molecular formula is C29H36FN3O2. The van der Waals surface area contributed by atoms with E-state index in [0.29, 0.717) is 17.7 Å². The van der Waals surface area contributed by atoms with Gasteiger partial charge in [-0.1, -0.05) is 32.2 Å². The molecule has 6 heteroatoms. The number of ether oxygens (including phenoxy) is 1. The lowest BCUT2D eigenvalue weighted by Crippen LogP contribution is -2.45. The highest BCUT2D eigenvalue weighted by Gasteiger charge is 2.21. The standard InChI is InChI=1S/C29H36FN3O2/c1-6-23-19-25(30)12-13-26(23)31-29(34)24-11-9-10-22(18-24)20-32-14-16-33(17-15-32)27(7-2)28(8-3)35-21(4)5/h7-13,18-19,21H,2-3,6,14-17,20H2,1,4-5H3,(H,31,34)/b28-27-. The Kier molecular flexibility index (Phi) is 9.26. The van der Waals surface area contributed by atoms with Gasteiger partial charge in [0.2, 0.25) is 0 Å². The molecule has 0 saturated carbocycles. The molecule has 35 heavy (non-hydrogen) atoms. The van der Waals surface area contributed by atoms with E-state index in [-0.39, 0.29) is 17.8 Å². The zero-order valence-electron chi connectivity index (χ0n) is 21.0. The quantitative estimate of drug-likeness (QED) is 0.349. The van der Waals surface area contributed by atoms with Crippen molar-refractivity contribution in [1.82, 2.24) is 9.80 Å². The zero-order chi connectivity index (χ0) is 25.4. The van der Waals surface area contributed by atoms with Gasteiger partial charge in [-0.2, -0.15) is 0 Å². The molecule has 0 spiro atoms. The van der Waals surface area contributed by atoms with E-state index in [1.807, 2.05) is 45.0 Å². The second-order valence-electron chi connectivity index (χ2n) is 8.90. The van der Waals surface area contributed by atoms with E-state index in [1.54, 1.807) is 18.2 Å². The third kappa shape index (κ3) is 7.06. The Balaban J connectivity index is 1.63. The van der Waals surface area contributed by atoms with Gasteiger partial charge in [0, 0.05) is 44.0 Å². The van der Waals surface area contributed by atoms with E-state index in [2.05, 4.69) is 28.3 Å². The minimum Gasteiger partial charge on any atom is -0.489 e. The van der Waals surface area contributed by atoms with Crippen molar-refractivity contribution in [2.24, 2.45) is 0 Å². The van der Waals surface area contributed by atoms with Gasteiger partial charge in [0.05, 0.1) is 11.8 Å². The highest BCUT2D eigenvalue weighted by molar-refractivity contribution is 6.04. The molecule has 1 amide bonds. The number of nitrogens with zero attached hydrogens (tertiary/aromatic N) is 2. The Morgan fingerprint density at radius 3 is 2.49 bits per heavy atom. The van der Waals surface area contributed by atoms with Crippen LogP contribution in [0.25, 0.3) is 0 Å². The Hall–Kier alpha value is -3.38. The molecule has 1 aliphatic rings. The fraction of sp³-hybridized carbons (Fsp3) is 0.345. The molecule has 1 N–H and O–H groups in total. The molecule has 0 radical (unpaired) electrons. The van der Waals surface area contributed by atoms with Gasteiger partial charge in [-0.05, 0) is 73.9 Å². The molecule has 2 aromatic rings. The molecule has 0 aromatic heterocycles. The van der Waals surface area contributed by atoms with E-state index >= 15 is 0 Å². The molecular weight excluding hydrogens is 441 g/mol. The molecule has 1 saturated heterocycles. The minimum absolute atomic E-state index is 0.0698. The van der Waals surface area contributed by atoms with Crippen LogP contribution in [0, 0.1) is 5.82 Å². The number of carbonyl (C=O) groups is 1. The minimum atomic E-state index is -0.300. The molecule has 3 rings (SSSR count). The molecule has 1 heterocycles. The number of nitrogens with one attached hydrogen (secondary N) is 1. The topological polar surface area (TPSA) is 44.8 Å². The molecule has 1 aliphatic heterocycles. The highest BCUT2D eigenvalue weighted by atomic mass is 19.1. The average molecular weight is 478 g/mol. The summed E-state index contributed by atoms with van der Waals surface area (Å²) in [5.41, 5.74) is 4.06. The monoisotopic (exact) mass is 477 g/mol. The van der Waals surface area contributed by atoms with Crippen LogP contribution in [0.15, 0.2) is 79.2 Å². The van der Waals surface area contributed by atoms with Crippen molar-refractivity contribution in [2.45, 2.75) is 39.8 Å². The summed E-state index contributed by atoms with van der Waals surface area (Å²) in [5.74, 6) is 0.265. The summed E-state index contributed by atoms with van der Waals surface area (Å²) in [5, 5.41) is 2.93. The number of halogens is 1. The second kappa shape index (κ2) is 12.4. The maximum absolute atomic E-state index is 13.5. The Morgan fingerprint density at radius 1 is 1.11 bits per heavy atom. The summed E-state index contributed by atoms with van der Waals surface area (Å²) in [6.07, 6.45) is 4.29. The number of anilines is 1. The number of aryl methyl sites for hydroxylation is 1. The smallest absolute Gasteiger partial charge is 0.255 e. The van der Waals surface area contributed by atoms with Crippen LogP contribution in [0.3, 0.4) is 0 Å². The van der Waals surface area contributed by atoms with Crippen LogP contribution < -0.4 is 5.32 Å². The molecule has 1 fully saturated rings. The van der Waals surface area contributed by atoms with Gasteiger partial charge in [0.15, 0.2) is 0 Å². The first-order valence-electron chi connectivity index (χ1n) is 12.2. The Labute approximate surface area is 208 Å². The molecule has 0 aliphatic carbocycles. The van der Waals surface area contributed by atoms with Crippen molar-refractivity contribution < 1.29 is 13.9 Å². The molecule has 5 nitrogen and oxygen atoms in total. The second-order valence-corrected chi connectivity index (χ2v) is 8.90. The number of allylic oxidation sites excluding steroid dienone is 2. The number of benzene rings is 2. The van der Waals surface area contributed by atoms with Crippen LogP contribution in [-0.4, -0.2) is 48.0 Å². The van der Waals surface area contributed by atoms with Crippen LogP contribution in [0.5, 0.6) is 0 Å². The van der Waals surface area contributed by atoms with Gasteiger partial charge in [-0.15, -0.1) is 0 Å². The third-order valence-corrected chi connectivity index (χ3v) is 6.00.